The summed E-state index contributed by atoms with van der Waals surface area (Å²) in [4.78, 5) is 13.5. The first-order valence-electron chi connectivity index (χ1n) is 5.30. The molecule has 0 atom stereocenters. The van der Waals surface area contributed by atoms with E-state index >= 15 is 0 Å². The molecule has 0 fully saturated rings. The highest BCUT2D eigenvalue weighted by Gasteiger charge is 2.25. The van der Waals surface area contributed by atoms with Crippen molar-refractivity contribution >= 4 is 33.4 Å². The molecule has 0 unspecified atom stereocenters. The summed E-state index contributed by atoms with van der Waals surface area (Å²) in [5.74, 6) is -2.90. The number of hydrogen-bond donors (Lipinski definition) is 0. The summed E-state index contributed by atoms with van der Waals surface area (Å²) in [6, 6.07) is 5.76. The molecule has 0 aliphatic rings. The smallest absolute Gasteiger partial charge is 0.258 e. The van der Waals surface area contributed by atoms with Crippen LogP contribution in [0.1, 0.15) is 5.69 Å². The van der Waals surface area contributed by atoms with Gasteiger partial charge in [0.25, 0.3) is 0 Å². The Morgan fingerprint density at radius 3 is 2.76 bits per heavy atom. The van der Waals surface area contributed by atoms with E-state index in [4.69, 9.17) is 5.26 Å². The summed E-state index contributed by atoms with van der Waals surface area (Å²) >= 11 is 3.73. The number of halogens is 3. The van der Waals surface area contributed by atoms with Gasteiger partial charge >= 0.3 is 5.69 Å². The molecule has 9 heteroatoms. The summed E-state index contributed by atoms with van der Waals surface area (Å²) in [6.45, 7) is 0. The Balaban J connectivity index is 2.54. The van der Waals surface area contributed by atoms with E-state index in [1.807, 2.05) is 6.07 Å². The van der Waals surface area contributed by atoms with Crippen molar-refractivity contribution < 1.29 is 13.7 Å². The minimum absolute atomic E-state index is 0.0193. The van der Waals surface area contributed by atoms with Crippen molar-refractivity contribution in [1.82, 2.24) is 4.98 Å². The first-order chi connectivity index (χ1) is 9.95. The van der Waals surface area contributed by atoms with Crippen molar-refractivity contribution in [3.63, 3.8) is 0 Å². The molecule has 0 saturated carbocycles. The zero-order valence-electron chi connectivity index (χ0n) is 10.0. The highest BCUT2D eigenvalue weighted by atomic mass is 79.9. The third-order valence-corrected chi connectivity index (χ3v) is 4.42. The molecule has 1 aromatic heterocycles. The molecule has 2 rings (SSSR count). The van der Waals surface area contributed by atoms with Gasteiger partial charge in [-0.15, -0.1) is 0 Å². The lowest BCUT2D eigenvalue weighted by Crippen LogP contribution is -1.98. The van der Waals surface area contributed by atoms with E-state index in [1.165, 1.54) is 18.3 Å². The molecule has 0 N–H and O–H groups in total. The van der Waals surface area contributed by atoms with Gasteiger partial charge in [-0.25, -0.2) is 9.37 Å². The summed E-state index contributed by atoms with van der Waals surface area (Å²) in [6.07, 6.45) is 1.39. The molecule has 5 nitrogen and oxygen atoms in total. The zero-order chi connectivity index (χ0) is 15.6. The number of nitro groups is 1. The highest BCUT2D eigenvalue weighted by Crippen LogP contribution is 2.40. The second-order valence-electron chi connectivity index (χ2n) is 3.66. The molecular formula is C12H4BrF2N3O2S. The van der Waals surface area contributed by atoms with Gasteiger partial charge in [-0.2, -0.15) is 9.65 Å². The number of aromatic nitrogens is 1. The van der Waals surface area contributed by atoms with Gasteiger partial charge in [-0.3, -0.25) is 10.1 Å². The lowest BCUT2D eigenvalue weighted by Gasteiger charge is -2.07. The van der Waals surface area contributed by atoms with Crippen LogP contribution in [-0.4, -0.2) is 9.91 Å². The number of nitrogens with zero attached hydrogens (tertiary/aromatic N) is 3. The molecule has 0 radical (unpaired) electrons. The van der Waals surface area contributed by atoms with Crippen molar-refractivity contribution in [1.29, 1.82) is 5.26 Å². The second kappa shape index (κ2) is 6.15. The molecule has 0 amide bonds. The fourth-order valence-electron chi connectivity index (χ4n) is 1.46. The molecule has 0 aliphatic heterocycles. The van der Waals surface area contributed by atoms with Crippen LogP contribution in [0.3, 0.4) is 0 Å². The maximum absolute atomic E-state index is 14.0. The van der Waals surface area contributed by atoms with Crippen LogP contribution in [0.25, 0.3) is 0 Å². The molecule has 0 saturated heterocycles. The molecule has 0 bridgehead atoms. The normalized spacial score (nSPS) is 10.2. The fourth-order valence-corrected chi connectivity index (χ4v) is 2.99. The van der Waals surface area contributed by atoms with Gasteiger partial charge in [0.15, 0.2) is 11.5 Å². The molecule has 0 spiro atoms. The molecule has 106 valence electrons. The van der Waals surface area contributed by atoms with E-state index in [-0.39, 0.29) is 15.1 Å². The molecule has 1 aromatic carbocycles. The first-order valence-corrected chi connectivity index (χ1v) is 6.91. The Hall–Kier alpha value is -2.05. The Labute approximate surface area is 129 Å². The van der Waals surface area contributed by atoms with Crippen molar-refractivity contribution in [2.24, 2.45) is 0 Å². The number of nitro benzene ring substituents is 1. The van der Waals surface area contributed by atoms with E-state index in [0.29, 0.717) is 4.90 Å². The van der Waals surface area contributed by atoms with E-state index < -0.39 is 22.2 Å². The van der Waals surface area contributed by atoms with Crippen molar-refractivity contribution in [2.75, 3.05) is 0 Å². The Kier molecular flexibility index (Phi) is 4.50. The van der Waals surface area contributed by atoms with Crippen molar-refractivity contribution in [2.45, 2.75) is 9.79 Å². The minimum Gasteiger partial charge on any atom is -0.258 e. The van der Waals surface area contributed by atoms with Crippen molar-refractivity contribution in [3.05, 3.63) is 56.3 Å². The molecular weight excluding hydrogens is 368 g/mol. The van der Waals surface area contributed by atoms with E-state index in [0.717, 1.165) is 17.8 Å². The van der Waals surface area contributed by atoms with Crippen LogP contribution >= 0.6 is 27.7 Å². The van der Waals surface area contributed by atoms with Crippen molar-refractivity contribution in [3.8, 4) is 6.07 Å². The van der Waals surface area contributed by atoms with Gasteiger partial charge in [0, 0.05) is 21.6 Å². The van der Waals surface area contributed by atoms with Crippen LogP contribution in [-0.2, 0) is 0 Å². The molecule has 21 heavy (non-hydrogen) atoms. The summed E-state index contributed by atoms with van der Waals surface area (Å²) < 4.78 is 27.6. The lowest BCUT2D eigenvalue weighted by atomic mass is 10.3. The molecule has 1 heterocycles. The quantitative estimate of drug-likeness (QED) is 0.461. The van der Waals surface area contributed by atoms with Gasteiger partial charge in [0.05, 0.1) is 9.82 Å². The average molecular weight is 372 g/mol. The Morgan fingerprint density at radius 2 is 2.14 bits per heavy atom. The van der Waals surface area contributed by atoms with Gasteiger partial charge in [0.2, 0.25) is 5.82 Å². The maximum atomic E-state index is 14.0. The predicted octanol–water partition coefficient (Wildman–Crippen LogP) is 4.05. The van der Waals surface area contributed by atoms with Gasteiger partial charge in [0.1, 0.15) is 6.07 Å². The fraction of sp³-hybridized carbons (Fsp3) is 0. The third kappa shape index (κ3) is 3.01. The number of hydrogen-bond acceptors (Lipinski definition) is 5. The van der Waals surface area contributed by atoms with E-state index in [2.05, 4.69) is 20.9 Å². The lowest BCUT2D eigenvalue weighted by molar-refractivity contribution is -0.387. The third-order valence-electron chi connectivity index (χ3n) is 2.38. The first kappa shape index (κ1) is 15.3. The Morgan fingerprint density at radius 1 is 1.43 bits per heavy atom. The molecule has 2 aromatic rings. The molecule has 0 aliphatic carbocycles. The van der Waals surface area contributed by atoms with Gasteiger partial charge in [-0.05, 0) is 28.1 Å². The summed E-state index contributed by atoms with van der Waals surface area (Å²) in [5, 5.41) is 19.5. The number of rotatable bonds is 3. The van der Waals surface area contributed by atoms with Crippen LogP contribution < -0.4 is 0 Å². The van der Waals surface area contributed by atoms with Gasteiger partial charge < -0.3 is 0 Å². The van der Waals surface area contributed by atoms with Crippen LogP contribution in [0.5, 0.6) is 0 Å². The zero-order valence-corrected chi connectivity index (χ0v) is 12.4. The topological polar surface area (TPSA) is 79.8 Å². The number of benzene rings is 1. The van der Waals surface area contributed by atoms with Gasteiger partial charge in [-0.1, -0.05) is 11.8 Å². The van der Waals surface area contributed by atoms with Crippen LogP contribution in [0.15, 0.2) is 38.7 Å². The largest absolute Gasteiger partial charge is 0.309 e. The van der Waals surface area contributed by atoms with Crippen LogP contribution in [0.2, 0.25) is 0 Å². The SMILES string of the molecule is N#Cc1ncccc1Sc1c(Br)cc([N+](=O)[O-])c(F)c1F. The standard InChI is InChI=1S/C12H4BrF2N3O2S/c13-6-4-8(18(19)20)10(14)11(15)12(6)21-9-2-1-3-17-7(9)5-16/h1-4H. The predicted molar refractivity (Wildman–Crippen MR) is 73.8 cm³/mol. The Bertz CT molecular complexity index is 780. The maximum Gasteiger partial charge on any atom is 0.309 e. The highest BCUT2D eigenvalue weighted by molar-refractivity contribution is 9.10. The van der Waals surface area contributed by atoms with E-state index in [1.54, 1.807) is 0 Å². The number of pyridine rings is 1. The minimum atomic E-state index is -1.55. The average Bonchev–Trinajstić information content (AvgIpc) is 2.47. The van der Waals surface area contributed by atoms with Crippen LogP contribution in [0, 0.1) is 33.1 Å². The monoisotopic (exact) mass is 371 g/mol. The summed E-state index contributed by atoms with van der Waals surface area (Å²) in [5.41, 5.74) is -0.914. The van der Waals surface area contributed by atoms with E-state index in [9.17, 15) is 18.9 Å². The number of nitriles is 1. The second-order valence-corrected chi connectivity index (χ2v) is 5.56. The summed E-state index contributed by atoms with van der Waals surface area (Å²) in [7, 11) is 0. The van der Waals surface area contributed by atoms with Crippen LogP contribution in [0.4, 0.5) is 14.5 Å².